The molecule has 0 amide bonds. The van der Waals surface area contributed by atoms with Crippen LogP contribution in [-0.4, -0.2) is 52.7 Å². The molecule has 0 unspecified atom stereocenters. The van der Waals surface area contributed by atoms with Crippen molar-refractivity contribution in [3.8, 4) is 0 Å². The van der Waals surface area contributed by atoms with E-state index in [2.05, 4.69) is 15.4 Å². The highest BCUT2D eigenvalue weighted by atomic mass is 32.2. The van der Waals surface area contributed by atoms with Crippen LogP contribution in [-0.2, 0) is 10.0 Å². The van der Waals surface area contributed by atoms with Gasteiger partial charge >= 0.3 is 0 Å². The quantitative estimate of drug-likeness (QED) is 0.669. The predicted molar refractivity (Wildman–Crippen MR) is 90.2 cm³/mol. The zero-order valence-electron chi connectivity index (χ0n) is 12.7. The minimum absolute atomic E-state index is 0.242. The standard InChI is InChI=1S/C13H22N4O2S2/c1-10-5-6-11(9-12(10)21(18,19)14-2)16-13(20)15-7-8-17(3)4/h5-6,9,14H,7-8H2,1-4H3,(H2,15,16,20). The lowest BCUT2D eigenvalue weighted by Gasteiger charge is -2.14. The van der Waals surface area contributed by atoms with Gasteiger partial charge in [0.05, 0.1) is 4.90 Å². The van der Waals surface area contributed by atoms with E-state index in [9.17, 15) is 8.42 Å². The third-order valence-electron chi connectivity index (χ3n) is 2.85. The molecule has 0 saturated carbocycles. The lowest BCUT2D eigenvalue weighted by molar-refractivity contribution is 0.413. The third-order valence-corrected chi connectivity index (χ3v) is 4.65. The van der Waals surface area contributed by atoms with Crippen molar-refractivity contribution in [1.29, 1.82) is 0 Å². The molecule has 0 fully saturated rings. The Labute approximate surface area is 132 Å². The molecule has 0 aliphatic rings. The molecule has 0 aliphatic heterocycles. The molecule has 1 aromatic rings. The predicted octanol–water partition coefficient (Wildman–Crippen LogP) is 0.751. The van der Waals surface area contributed by atoms with E-state index in [1.54, 1.807) is 25.1 Å². The molecule has 1 aromatic carbocycles. The van der Waals surface area contributed by atoms with Gasteiger partial charge in [-0.05, 0) is 58.0 Å². The maximum absolute atomic E-state index is 11.9. The molecule has 0 bridgehead atoms. The zero-order chi connectivity index (χ0) is 16.0. The van der Waals surface area contributed by atoms with E-state index in [1.807, 2.05) is 19.0 Å². The number of benzene rings is 1. The van der Waals surface area contributed by atoms with Crippen LogP contribution in [0.15, 0.2) is 23.1 Å². The van der Waals surface area contributed by atoms with Crippen LogP contribution in [0.1, 0.15) is 5.56 Å². The normalized spacial score (nSPS) is 11.5. The summed E-state index contributed by atoms with van der Waals surface area (Å²) in [6, 6.07) is 5.11. The molecule has 1 rings (SSSR count). The van der Waals surface area contributed by atoms with Crippen LogP contribution in [0.2, 0.25) is 0 Å². The van der Waals surface area contributed by atoms with Crippen molar-refractivity contribution < 1.29 is 8.42 Å². The molecule has 6 nitrogen and oxygen atoms in total. The Morgan fingerprint density at radius 3 is 2.57 bits per heavy atom. The van der Waals surface area contributed by atoms with Gasteiger partial charge in [0.25, 0.3) is 0 Å². The Kier molecular flexibility index (Phi) is 6.53. The number of aryl methyl sites for hydroxylation is 1. The topological polar surface area (TPSA) is 73.5 Å². The molecular weight excluding hydrogens is 308 g/mol. The SMILES string of the molecule is CNS(=O)(=O)c1cc(NC(=S)NCCN(C)C)ccc1C. The van der Waals surface area contributed by atoms with Crippen LogP contribution in [0, 0.1) is 6.92 Å². The van der Waals surface area contributed by atoms with Gasteiger partial charge in [-0.25, -0.2) is 13.1 Å². The number of nitrogens with one attached hydrogen (secondary N) is 3. The molecule has 118 valence electrons. The first kappa shape index (κ1) is 17.8. The fourth-order valence-corrected chi connectivity index (χ4v) is 2.86. The Morgan fingerprint density at radius 2 is 2.00 bits per heavy atom. The number of sulfonamides is 1. The summed E-state index contributed by atoms with van der Waals surface area (Å²) in [7, 11) is 1.87. The highest BCUT2D eigenvalue weighted by Gasteiger charge is 2.15. The monoisotopic (exact) mass is 330 g/mol. The Hall–Kier alpha value is -1.22. The van der Waals surface area contributed by atoms with Crippen LogP contribution in [0.25, 0.3) is 0 Å². The average Bonchev–Trinajstić information content (AvgIpc) is 2.40. The van der Waals surface area contributed by atoms with E-state index in [0.29, 0.717) is 22.9 Å². The fraction of sp³-hybridized carbons (Fsp3) is 0.462. The van der Waals surface area contributed by atoms with Crippen LogP contribution in [0.4, 0.5) is 5.69 Å². The van der Waals surface area contributed by atoms with E-state index in [1.165, 1.54) is 7.05 Å². The molecule has 0 spiro atoms. The highest BCUT2D eigenvalue weighted by Crippen LogP contribution is 2.19. The second-order valence-corrected chi connectivity index (χ2v) is 7.14. The Bertz CT molecular complexity index is 600. The number of hydrogen-bond acceptors (Lipinski definition) is 4. The van der Waals surface area contributed by atoms with Crippen molar-refractivity contribution in [3.05, 3.63) is 23.8 Å². The maximum atomic E-state index is 11.9. The van der Waals surface area contributed by atoms with Crippen LogP contribution >= 0.6 is 12.2 Å². The summed E-state index contributed by atoms with van der Waals surface area (Å²) in [5.41, 5.74) is 1.32. The van der Waals surface area contributed by atoms with Gasteiger partial charge in [-0.3, -0.25) is 0 Å². The molecule has 0 aromatic heterocycles. The van der Waals surface area contributed by atoms with Crippen LogP contribution in [0.5, 0.6) is 0 Å². The van der Waals surface area contributed by atoms with E-state index >= 15 is 0 Å². The van der Waals surface area contributed by atoms with Crippen molar-refractivity contribution >= 4 is 33.0 Å². The zero-order valence-corrected chi connectivity index (χ0v) is 14.4. The van der Waals surface area contributed by atoms with Crippen molar-refractivity contribution in [2.45, 2.75) is 11.8 Å². The molecule has 0 saturated heterocycles. The molecule has 0 atom stereocenters. The van der Waals surface area contributed by atoms with E-state index in [4.69, 9.17) is 12.2 Å². The second-order valence-electron chi connectivity index (χ2n) is 4.87. The summed E-state index contributed by atoms with van der Waals surface area (Å²) >= 11 is 5.18. The number of anilines is 1. The van der Waals surface area contributed by atoms with Gasteiger partial charge in [0, 0.05) is 18.8 Å². The number of hydrogen-bond donors (Lipinski definition) is 3. The Balaban J connectivity index is 2.77. The molecule has 0 aliphatic carbocycles. The largest absolute Gasteiger partial charge is 0.361 e. The number of rotatable bonds is 6. The summed E-state index contributed by atoms with van der Waals surface area (Å²) in [6.45, 7) is 3.32. The summed E-state index contributed by atoms with van der Waals surface area (Å²) in [6.07, 6.45) is 0. The van der Waals surface area contributed by atoms with Gasteiger partial charge in [0.1, 0.15) is 0 Å². The number of likely N-dealkylation sites (N-methyl/N-ethyl adjacent to an activating group) is 1. The lowest BCUT2D eigenvalue weighted by Crippen LogP contribution is -2.34. The first-order valence-electron chi connectivity index (χ1n) is 6.50. The van der Waals surface area contributed by atoms with E-state index in [-0.39, 0.29) is 4.90 Å². The van der Waals surface area contributed by atoms with Crippen molar-refractivity contribution in [1.82, 2.24) is 14.9 Å². The molecule has 3 N–H and O–H groups in total. The van der Waals surface area contributed by atoms with Gasteiger partial charge in [-0.2, -0.15) is 0 Å². The van der Waals surface area contributed by atoms with Gasteiger partial charge in [-0.1, -0.05) is 6.07 Å². The second kappa shape index (κ2) is 7.69. The summed E-state index contributed by atoms with van der Waals surface area (Å²) < 4.78 is 26.1. The number of nitrogens with zero attached hydrogens (tertiary/aromatic N) is 1. The fourth-order valence-electron chi connectivity index (χ4n) is 1.65. The van der Waals surface area contributed by atoms with Crippen LogP contribution in [0.3, 0.4) is 0 Å². The maximum Gasteiger partial charge on any atom is 0.240 e. The molecular formula is C13H22N4O2S2. The lowest BCUT2D eigenvalue weighted by atomic mass is 10.2. The summed E-state index contributed by atoms with van der Waals surface area (Å²) in [5.74, 6) is 0. The minimum atomic E-state index is -3.48. The third kappa shape index (κ3) is 5.58. The molecule has 8 heteroatoms. The van der Waals surface area contributed by atoms with Gasteiger partial charge in [0.15, 0.2) is 5.11 Å². The van der Waals surface area contributed by atoms with Crippen molar-refractivity contribution in [2.75, 3.05) is 39.5 Å². The van der Waals surface area contributed by atoms with Crippen LogP contribution < -0.4 is 15.4 Å². The molecule has 0 radical (unpaired) electrons. The average molecular weight is 330 g/mol. The summed E-state index contributed by atoms with van der Waals surface area (Å²) in [5, 5.41) is 6.52. The van der Waals surface area contributed by atoms with Crippen molar-refractivity contribution in [2.24, 2.45) is 0 Å². The van der Waals surface area contributed by atoms with E-state index < -0.39 is 10.0 Å². The van der Waals surface area contributed by atoms with Gasteiger partial charge in [-0.15, -0.1) is 0 Å². The Morgan fingerprint density at radius 1 is 1.33 bits per heavy atom. The van der Waals surface area contributed by atoms with Gasteiger partial charge in [0.2, 0.25) is 10.0 Å². The highest BCUT2D eigenvalue weighted by molar-refractivity contribution is 7.89. The first-order chi connectivity index (χ1) is 9.76. The minimum Gasteiger partial charge on any atom is -0.361 e. The first-order valence-corrected chi connectivity index (χ1v) is 8.39. The van der Waals surface area contributed by atoms with E-state index in [0.717, 1.165) is 6.54 Å². The molecule has 0 heterocycles. The molecule has 21 heavy (non-hydrogen) atoms. The number of thiocarbonyl (C=S) groups is 1. The summed E-state index contributed by atoms with van der Waals surface area (Å²) in [4.78, 5) is 2.28. The van der Waals surface area contributed by atoms with Crippen molar-refractivity contribution in [3.63, 3.8) is 0 Å². The smallest absolute Gasteiger partial charge is 0.240 e. The van der Waals surface area contributed by atoms with Gasteiger partial charge < -0.3 is 15.5 Å².